The molecule has 1 aromatic rings. The molecule has 0 aromatic heterocycles. The van der Waals surface area contributed by atoms with Crippen LogP contribution >= 0.6 is 0 Å². The molecule has 0 bridgehead atoms. The van der Waals surface area contributed by atoms with E-state index in [1.54, 1.807) is 0 Å². The van der Waals surface area contributed by atoms with Crippen LogP contribution in [0.3, 0.4) is 0 Å². The summed E-state index contributed by atoms with van der Waals surface area (Å²) in [6, 6.07) is 10.6. The van der Waals surface area contributed by atoms with Gasteiger partial charge in [-0.3, -0.25) is 14.5 Å². The van der Waals surface area contributed by atoms with Crippen LogP contribution in [-0.4, -0.2) is 75.8 Å². The minimum absolute atomic E-state index is 0.0122. The second-order valence-corrected chi connectivity index (χ2v) is 13.2. The number of nitrogens with zero attached hydrogens (tertiary/aromatic N) is 2. The minimum Gasteiger partial charge on any atom is -0.355 e. The minimum atomic E-state index is -3.13. The van der Waals surface area contributed by atoms with Crippen LogP contribution in [0.1, 0.15) is 51.5 Å². The van der Waals surface area contributed by atoms with E-state index >= 15 is 0 Å². The second-order valence-electron chi connectivity index (χ2n) is 11.0. The number of sulfone groups is 1. The zero-order valence-corrected chi connectivity index (χ0v) is 21.5. The lowest BCUT2D eigenvalue weighted by molar-refractivity contribution is -0.134. The number of nitrogens with one attached hydrogen (secondary N) is 1. The molecular weight excluding hydrogens is 438 g/mol. The molecule has 33 heavy (non-hydrogen) atoms. The summed E-state index contributed by atoms with van der Waals surface area (Å²) in [6.07, 6.45) is 5.64. The van der Waals surface area contributed by atoms with E-state index < -0.39 is 15.3 Å². The first-order chi connectivity index (χ1) is 15.3. The lowest BCUT2D eigenvalue weighted by atomic mass is 9.64. The molecule has 1 heterocycles. The van der Waals surface area contributed by atoms with Crippen LogP contribution in [0.4, 0.5) is 0 Å². The van der Waals surface area contributed by atoms with E-state index in [1.807, 2.05) is 24.8 Å². The van der Waals surface area contributed by atoms with E-state index in [2.05, 4.69) is 48.6 Å². The normalized spacial score (nSPS) is 26.2. The van der Waals surface area contributed by atoms with Gasteiger partial charge in [0.25, 0.3) is 0 Å². The van der Waals surface area contributed by atoms with Gasteiger partial charge >= 0.3 is 0 Å². The molecule has 2 fully saturated rings. The Labute approximate surface area is 198 Å². The average Bonchev–Trinajstić information content (AvgIpc) is 3.02. The molecule has 2 aliphatic rings. The molecule has 1 aliphatic carbocycles. The number of hydrogen-bond acceptors (Lipinski definition) is 5. The highest BCUT2D eigenvalue weighted by molar-refractivity contribution is 7.90. The Morgan fingerprint density at radius 3 is 2.27 bits per heavy atom. The molecule has 184 valence electrons. The monoisotopic (exact) mass is 477 g/mol. The molecule has 1 aromatic carbocycles. The number of hydrogen-bond donors (Lipinski definition) is 1. The molecule has 0 radical (unpaired) electrons. The maximum Gasteiger partial charge on any atom is 0.227 e. The van der Waals surface area contributed by atoms with E-state index in [-0.39, 0.29) is 35.1 Å². The van der Waals surface area contributed by atoms with Gasteiger partial charge in [-0.05, 0) is 64.6 Å². The standard InChI is InChI=1S/C25H39N3O4S/c1-23(2,22(30)26-15-16-33(5,31)32)18-28-19-24(17-21(28)29)11-13-25(14-12-24,27(3)4)20-9-7-6-8-10-20/h6-10H,11-19H2,1-5H3,(H,26,30)/t24-,25-. The van der Waals surface area contributed by atoms with Crippen LogP contribution in [0.25, 0.3) is 0 Å². The molecule has 2 amide bonds. The number of likely N-dealkylation sites (tertiary alicyclic amines) is 1. The second kappa shape index (κ2) is 9.37. The SMILES string of the molecule is CN(C)[C@]1(c2ccccc2)CC[C@@]2(CC1)CC(=O)N(CC(C)(C)C(=O)NCCS(C)(=O)=O)C2. The molecule has 0 unspecified atom stereocenters. The molecule has 0 atom stereocenters. The maximum atomic E-state index is 13.0. The predicted octanol–water partition coefficient (Wildman–Crippen LogP) is 2.42. The zero-order chi connectivity index (χ0) is 24.5. The van der Waals surface area contributed by atoms with Crippen LogP contribution in [-0.2, 0) is 25.0 Å². The van der Waals surface area contributed by atoms with Crippen molar-refractivity contribution in [2.24, 2.45) is 10.8 Å². The van der Waals surface area contributed by atoms with E-state index in [0.717, 1.165) is 31.9 Å². The lowest BCUT2D eigenvalue weighted by Crippen LogP contribution is -2.48. The van der Waals surface area contributed by atoms with Crippen LogP contribution in [0.5, 0.6) is 0 Å². The van der Waals surface area contributed by atoms with Crippen molar-refractivity contribution >= 4 is 21.7 Å². The molecule has 1 saturated carbocycles. The van der Waals surface area contributed by atoms with Crippen molar-refractivity contribution in [3.8, 4) is 0 Å². The third-order valence-electron chi connectivity index (χ3n) is 7.67. The number of amides is 2. The van der Waals surface area contributed by atoms with Gasteiger partial charge in [0, 0.05) is 37.8 Å². The van der Waals surface area contributed by atoms with Gasteiger partial charge in [0.05, 0.1) is 11.2 Å². The molecular formula is C25H39N3O4S. The molecule has 3 rings (SSSR count). The fraction of sp³-hybridized carbons (Fsp3) is 0.680. The number of rotatable bonds is 8. The third kappa shape index (κ3) is 5.77. The quantitative estimate of drug-likeness (QED) is 0.621. The first-order valence-corrected chi connectivity index (χ1v) is 13.8. The lowest BCUT2D eigenvalue weighted by Gasteiger charge is -2.49. The van der Waals surface area contributed by atoms with Crippen molar-refractivity contribution < 1.29 is 18.0 Å². The first-order valence-electron chi connectivity index (χ1n) is 11.8. The summed E-state index contributed by atoms with van der Waals surface area (Å²) < 4.78 is 22.7. The van der Waals surface area contributed by atoms with Gasteiger partial charge in [-0.15, -0.1) is 0 Å². The summed E-state index contributed by atoms with van der Waals surface area (Å²) >= 11 is 0. The summed E-state index contributed by atoms with van der Waals surface area (Å²) in [7, 11) is 1.15. The van der Waals surface area contributed by atoms with Gasteiger partial charge < -0.3 is 10.2 Å². The first kappa shape index (κ1) is 25.7. The van der Waals surface area contributed by atoms with Crippen LogP contribution in [0.15, 0.2) is 30.3 Å². The van der Waals surface area contributed by atoms with Crippen molar-refractivity contribution in [1.29, 1.82) is 0 Å². The topological polar surface area (TPSA) is 86.8 Å². The largest absolute Gasteiger partial charge is 0.355 e. The molecule has 7 nitrogen and oxygen atoms in total. The van der Waals surface area contributed by atoms with E-state index in [1.165, 1.54) is 5.56 Å². The van der Waals surface area contributed by atoms with Crippen molar-refractivity contribution in [2.45, 2.75) is 51.5 Å². The smallest absolute Gasteiger partial charge is 0.227 e. The average molecular weight is 478 g/mol. The number of benzene rings is 1. The molecule has 1 N–H and O–H groups in total. The van der Waals surface area contributed by atoms with Crippen molar-refractivity contribution in [3.63, 3.8) is 0 Å². The molecule has 1 saturated heterocycles. The Hall–Kier alpha value is -1.93. The Bertz CT molecular complexity index is 965. The van der Waals surface area contributed by atoms with Gasteiger partial charge in [0.1, 0.15) is 9.84 Å². The Morgan fingerprint density at radius 1 is 1.12 bits per heavy atom. The summed E-state index contributed by atoms with van der Waals surface area (Å²) in [4.78, 5) is 29.8. The van der Waals surface area contributed by atoms with Gasteiger partial charge in [-0.2, -0.15) is 0 Å². The molecule has 1 aliphatic heterocycles. The Kier molecular flexibility index (Phi) is 7.30. The van der Waals surface area contributed by atoms with Crippen molar-refractivity contribution in [1.82, 2.24) is 15.1 Å². The third-order valence-corrected chi connectivity index (χ3v) is 8.62. The summed E-state index contributed by atoms with van der Waals surface area (Å²) in [6.45, 7) is 4.74. The van der Waals surface area contributed by atoms with Gasteiger partial charge in [0.15, 0.2) is 0 Å². The van der Waals surface area contributed by atoms with Crippen LogP contribution < -0.4 is 5.32 Å². The van der Waals surface area contributed by atoms with Crippen LogP contribution in [0.2, 0.25) is 0 Å². The summed E-state index contributed by atoms with van der Waals surface area (Å²) in [5.41, 5.74) is 0.499. The number of carbonyl (C=O) groups is 2. The van der Waals surface area contributed by atoms with E-state index in [4.69, 9.17) is 0 Å². The summed E-state index contributed by atoms with van der Waals surface area (Å²) in [5, 5.41) is 2.72. The number of carbonyl (C=O) groups excluding carboxylic acids is 2. The van der Waals surface area contributed by atoms with Crippen LogP contribution in [0, 0.1) is 10.8 Å². The Balaban J connectivity index is 1.64. The van der Waals surface area contributed by atoms with Crippen molar-refractivity contribution in [3.05, 3.63) is 35.9 Å². The van der Waals surface area contributed by atoms with E-state index in [0.29, 0.717) is 19.5 Å². The molecule has 8 heteroatoms. The fourth-order valence-electron chi connectivity index (χ4n) is 5.54. The van der Waals surface area contributed by atoms with Gasteiger partial charge in [0.2, 0.25) is 11.8 Å². The highest BCUT2D eigenvalue weighted by Gasteiger charge is 2.51. The Morgan fingerprint density at radius 2 is 1.73 bits per heavy atom. The maximum absolute atomic E-state index is 13.0. The predicted molar refractivity (Wildman–Crippen MR) is 130 cm³/mol. The fourth-order valence-corrected chi connectivity index (χ4v) is 6.01. The zero-order valence-electron chi connectivity index (χ0n) is 20.7. The van der Waals surface area contributed by atoms with Gasteiger partial charge in [-0.25, -0.2) is 8.42 Å². The highest BCUT2D eigenvalue weighted by Crippen LogP contribution is 2.52. The summed E-state index contributed by atoms with van der Waals surface area (Å²) in [5.74, 6) is -0.196. The van der Waals surface area contributed by atoms with Crippen molar-refractivity contribution in [2.75, 3.05) is 45.7 Å². The molecule has 1 spiro atoms. The highest BCUT2D eigenvalue weighted by atomic mass is 32.2. The van der Waals surface area contributed by atoms with E-state index in [9.17, 15) is 18.0 Å². The van der Waals surface area contributed by atoms with Gasteiger partial charge in [-0.1, -0.05) is 30.3 Å².